The van der Waals surface area contributed by atoms with Crippen molar-refractivity contribution in [3.8, 4) is 0 Å². The van der Waals surface area contributed by atoms with Crippen molar-refractivity contribution in [3.63, 3.8) is 0 Å². The molecule has 3 rings (SSSR count). The van der Waals surface area contributed by atoms with Crippen molar-refractivity contribution in [1.82, 2.24) is 15.2 Å². The molecule has 0 spiro atoms. The first-order valence-electron chi connectivity index (χ1n) is 10.00. The Kier molecular flexibility index (Phi) is 7.43. The van der Waals surface area contributed by atoms with E-state index in [0.29, 0.717) is 25.6 Å². The molecular formula is C23H28N4O2S. The van der Waals surface area contributed by atoms with Gasteiger partial charge in [0.1, 0.15) is 5.60 Å². The highest BCUT2D eigenvalue weighted by Crippen LogP contribution is 2.24. The summed E-state index contributed by atoms with van der Waals surface area (Å²) in [5.74, 6) is 0.661. The van der Waals surface area contributed by atoms with Crippen LogP contribution in [0.1, 0.15) is 29.9 Å². The van der Waals surface area contributed by atoms with Crippen LogP contribution in [0.5, 0.6) is 0 Å². The van der Waals surface area contributed by atoms with Crippen molar-refractivity contribution in [1.29, 1.82) is 0 Å². The van der Waals surface area contributed by atoms with Crippen LogP contribution in [0.15, 0.2) is 76.0 Å². The Bertz CT molecular complexity index is 1010. The van der Waals surface area contributed by atoms with Gasteiger partial charge in [0.05, 0.1) is 19.6 Å². The van der Waals surface area contributed by atoms with Crippen LogP contribution >= 0.6 is 11.3 Å². The molecule has 0 bridgehead atoms. The average Bonchev–Trinajstić information content (AvgIpc) is 3.29. The van der Waals surface area contributed by atoms with E-state index in [9.17, 15) is 9.90 Å². The molecular weight excluding hydrogens is 396 g/mol. The second-order valence-electron chi connectivity index (χ2n) is 7.28. The average molecular weight is 425 g/mol. The number of aliphatic imine (C=N–C) groups is 1. The Hall–Kier alpha value is -2.90. The van der Waals surface area contributed by atoms with E-state index in [-0.39, 0.29) is 5.56 Å². The molecule has 1 aromatic carbocycles. The maximum atomic E-state index is 11.9. The fourth-order valence-corrected chi connectivity index (χ4v) is 3.77. The number of pyridine rings is 1. The van der Waals surface area contributed by atoms with Gasteiger partial charge in [0.15, 0.2) is 5.96 Å². The number of benzene rings is 1. The maximum absolute atomic E-state index is 11.9. The third-order valence-corrected chi connectivity index (χ3v) is 5.81. The zero-order valence-corrected chi connectivity index (χ0v) is 18.2. The minimum absolute atomic E-state index is 0.00837. The van der Waals surface area contributed by atoms with E-state index in [2.05, 4.69) is 15.6 Å². The number of nitrogens with zero attached hydrogens (tertiary/aromatic N) is 2. The molecule has 0 aliphatic heterocycles. The third kappa shape index (κ3) is 6.05. The van der Waals surface area contributed by atoms with Gasteiger partial charge >= 0.3 is 0 Å². The minimum Gasteiger partial charge on any atom is -0.383 e. The lowest BCUT2D eigenvalue weighted by atomic mass is 10.1. The summed E-state index contributed by atoms with van der Waals surface area (Å²) in [5.41, 5.74) is 1.17. The van der Waals surface area contributed by atoms with Crippen molar-refractivity contribution in [2.24, 2.45) is 4.99 Å². The van der Waals surface area contributed by atoms with Crippen molar-refractivity contribution < 1.29 is 5.11 Å². The summed E-state index contributed by atoms with van der Waals surface area (Å²) in [4.78, 5) is 17.4. The number of thiophene rings is 1. The van der Waals surface area contributed by atoms with Crippen LogP contribution in [0.4, 0.5) is 0 Å². The summed E-state index contributed by atoms with van der Waals surface area (Å²) in [6, 6.07) is 17.1. The lowest BCUT2D eigenvalue weighted by molar-refractivity contribution is 0.0655. The number of nitrogens with one attached hydrogen (secondary N) is 2. The van der Waals surface area contributed by atoms with Crippen molar-refractivity contribution in [3.05, 3.63) is 92.5 Å². The molecule has 2 heterocycles. The van der Waals surface area contributed by atoms with Gasteiger partial charge in [-0.05, 0) is 42.5 Å². The highest BCUT2D eigenvalue weighted by atomic mass is 32.1. The van der Waals surface area contributed by atoms with E-state index in [0.717, 1.165) is 22.5 Å². The van der Waals surface area contributed by atoms with Gasteiger partial charge in [-0.2, -0.15) is 0 Å². The fraction of sp³-hybridized carbons (Fsp3) is 0.304. The smallest absolute Gasteiger partial charge is 0.250 e. The molecule has 0 saturated carbocycles. The van der Waals surface area contributed by atoms with Gasteiger partial charge in [-0.3, -0.25) is 4.79 Å². The Morgan fingerprint density at radius 2 is 1.87 bits per heavy atom. The first-order chi connectivity index (χ1) is 14.5. The monoisotopic (exact) mass is 424 g/mol. The number of rotatable bonds is 8. The Balaban J connectivity index is 1.60. The third-order valence-electron chi connectivity index (χ3n) is 4.69. The molecule has 3 N–H and O–H groups in total. The first-order valence-corrected chi connectivity index (χ1v) is 10.9. The standard InChI is InChI=1S/C23H28N4O2S/c1-3-24-22(26-17-23(2,29)20-7-6-14-30-20)25-15-18-9-11-19(12-10-18)16-27-13-5-4-8-21(27)28/h4-14,29H,3,15-17H2,1-2H3,(H2,24,25,26). The number of hydrogen-bond acceptors (Lipinski definition) is 4. The van der Waals surface area contributed by atoms with Crippen LogP contribution in [0, 0.1) is 0 Å². The molecule has 0 aliphatic carbocycles. The predicted molar refractivity (Wildman–Crippen MR) is 123 cm³/mol. The van der Waals surface area contributed by atoms with Crippen molar-refractivity contribution >= 4 is 17.3 Å². The summed E-state index contributed by atoms with van der Waals surface area (Å²) in [7, 11) is 0. The zero-order valence-electron chi connectivity index (χ0n) is 17.3. The van der Waals surface area contributed by atoms with Gasteiger partial charge in [0.25, 0.3) is 5.56 Å². The number of guanidine groups is 1. The van der Waals surface area contributed by atoms with Gasteiger partial charge in [-0.25, -0.2) is 4.99 Å². The van der Waals surface area contributed by atoms with Crippen LogP contribution in [-0.4, -0.2) is 28.7 Å². The van der Waals surface area contributed by atoms with Crippen LogP contribution in [0.3, 0.4) is 0 Å². The zero-order chi connectivity index (χ0) is 21.4. The molecule has 1 unspecified atom stereocenters. The van der Waals surface area contributed by atoms with E-state index in [1.165, 1.54) is 11.3 Å². The summed E-state index contributed by atoms with van der Waals surface area (Å²) in [6.07, 6.45) is 1.79. The molecule has 7 heteroatoms. The van der Waals surface area contributed by atoms with E-state index in [4.69, 9.17) is 0 Å². The minimum atomic E-state index is -0.957. The van der Waals surface area contributed by atoms with E-state index in [1.807, 2.05) is 54.8 Å². The van der Waals surface area contributed by atoms with Crippen LogP contribution in [-0.2, 0) is 18.7 Å². The lowest BCUT2D eigenvalue weighted by Gasteiger charge is -2.23. The number of aliphatic hydroxyl groups is 1. The normalized spacial score (nSPS) is 13.6. The Labute approximate surface area is 180 Å². The molecule has 2 aromatic heterocycles. The summed E-state index contributed by atoms with van der Waals surface area (Å²) < 4.78 is 1.68. The van der Waals surface area contributed by atoms with Gasteiger partial charge < -0.3 is 20.3 Å². The molecule has 3 aromatic rings. The molecule has 0 amide bonds. The molecule has 158 valence electrons. The molecule has 6 nitrogen and oxygen atoms in total. The van der Waals surface area contributed by atoms with E-state index >= 15 is 0 Å². The summed E-state index contributed by atoms with van der Waals surface area (Å²) in [5, 5.41) is 19.1. The molecule has 1 atom stereocenters. The van der Waals surface area contributed by atoms with Crippen LogP contribution in [0.25, 0.3) is 0 Å². The van der Waals surface area contributed by atoms with Crippen molar-refractivity contribution in [2.45, 2.75) is 32.5 Å². The topological polar surface area (TPSA) is 78.7 Å². The Morgan fingerprint density at radius 1 is 1.10 bits per heavy atom. The quantitative estimate of drug-likeness (QED) is 0.384. The number of hydrogen-bond donors (Lipinski definition) is 3. The van der Waals surface area contributed by atoms with Gasteiger partial charge in [-0.15, -0.1) is 11.3 Å². The number of aromatic nitrogens is 1. The van der Waals surface area contributed by atoms with Gasteiger partial charge in [0.2, 0.25) is 0 Å². The van der Waals surface area contributed by atoms with E-state index in [1.54, 1.807) is 29.8 Å². The molecule has 0 fully saturated rings. The summed E-state index contributed by atoms with van der Waals surface area (Å²) >= 11 is 1.54. The second kappa shape index (κ2) is 10.2. The van der Waals surface area contributed by atoms with Crippen LogP contribution < -0.4 is 16.2 Å². The second-order valence-corrected chi connectivity index (χ2v) is 8.23. The fourth-order valence-electron chi connectivity index (χ4n) is 2.98. The van der Waals surface area contributed by atoms with Gasteiger partial charge in [0, 0.05) is 23.7 Å². The van der Waals surface area contributed by atoms with Crippen molar-refractivity contribution in [2.75, 3.05) is 13.1 Å². The SMILES string of the molecule is CCNC(=NCc1ccc(Cn2ccccc2=O)cc1)NCC(C)(O)c1cccs1. The summed E-state index contributed by atoms with van der Waals surface area (Å²) in [6.45, 7) is 5.97. The highest BCUT2D eigenvalue weighted by Gasteiger charge is 2.24. The molecule has 30 heavy (non-hydrogen) atoms. The van der Waals surface area contributed by atoms with Gasteiger partial charge in [-0.1, -0.05) is 36.4 Å². The Morgan fingerprint density at radius 3 is 2.53 bits per heavy atom. The predicted octanol–water partition coefficient (Wildman–Crippen LogP) is 2.92. The molecule has 0 radical (unpaired) electrons. The lowest BCUT2D eigenvalue weighted by Crippen LogP contribution is -2.44. The largest absolute Gasteiger partial charge is 0.383 e. The highest BCUT2D eigenvalue weighted by molar-refractivity contribution is 7.10. The van der Waals surface area contributed by atoms with E-state index < -0.39 is 5.60 Å². The molecule has 0 saturated heterocycles. The molecule has 0 aliphatic rings. The van der Waals surface area contributed by atoms with Crippen LogP contribution in [0.2, 0.25) is 0 Å². The first kappa shape index (κ1) is 21.8. The maximum Gasteiger partial charge on any atom is 0.250 e.